The molecule has 0 aromatic heterocycles. The van der Waals surface area contributed by atoms with Crippen molar-refractivity contribution in [2.45, 2.75) is 48.1 Å². The van der Waals surface area contributed by atoms with E-state index in [1.807, 2.05) is 0 Å². The lowest BCUT2D eigenvalue weighted by molar-refractivity contribution is -0.523. The lowest BCUT2D eigenvalue weighted by atomic mass is 9.82. The summed E-state index contributed by atoms with van der Waals surface area (Å²) < 4.78 is 199. The third kappa shape index (κ3) is 3.36. The van der Waals surface area contributed by atoms with E-state index in [9.17, 15) is 79.8 Å². The summed E-state index contributed by atoms with van der Waals surface area (Å²) in [7, 11) is 0. The first kappa shape index (κ1) is 26.2. The number of hydrogen-bond donors (Lipinski definition) is 0. The number of ether oxygens (including phenoxy) is 2. The van der Waals surface area contributed by atoms with Crippen molar-refractivity contribution in [2.24, 2.45) is 0 Å². The van der Waals surface area contributed by atoms with Crippen LogP contribution in [0.1, 0.15) is 0 Å². The fourth-order valence-electron chi connectivity index (χ4n) is 1.66. The highest BCUT2D eigenvalue weighted by molar-refractivity contribution is 5.95. The highest BCUT2D eigenvalue weighted by Crippen LogP contribution is 2.62. The second-order valence-corrected chi connectivity index (χ2v) is 5.23. The van der Waals surface area contributed by atoms with Crippen LogP contribution in [-0.2, 0) is 19.1 Å². The van der Waals surface area contributed by atoms with Crippen LogP contribution in [0.4, 0.5) is 70.2 Å². The van der Waals surface area contributed by atoms with Gasteiger partial charge in [0.1, 0.15) is 0 Å². The van der Waals surface area contributed by atoms with Gasteiger partial charge in [0.25, 0.3) is 5.78 Å². The van der Waals surface area contributed by atoms with Crippen molar-refractivity contribution in [3.05, 3.63) is 0 Å². The summed E-state index contributed by atoms with van der Waals surface area (Å²) in [6.45, 7) is 0. The van der Waals surface area contributed by atoms with Gasteiger partial charge in [-0.05, 0) is 0 Å². The lowest BCUT2D eigenvalue weighted by Crippen LogP contribution is -2.78. The van der Waals surface area contributed by atoms with E-state index in [2.05, 4.69) is 9.47 Å². The molecular weight excluding hydrogens is 488 g/mol. The van der Waals surface area contributed by atoms with Gasteiger partial charge in [-0.1, -0.05) is 0 Å². The molecule has 2 rings (SSSR count). The van der Waals surface area contributed by atoms with Crippen LogP contribution in [0, 0.1) is 0 Å². The molecule has 1 aliphatic carbocycles. The molecule has 0 aromatic rings. The maximum Gasteiger partial charge on any atom is 0.495 e. The van der Waals surface area contributed by atoms with E-state index < -0.39 is 59.7 Å². The SMILES string of the molecule is O=C1C(F)(F)C(F)(F)C(F)(F)C(F)(F)C1(F)F.O=C1C(F)(F)OC(F)(F)OC1(F)F. The Morgan fingerprint density at radius 3 is 0.967 bits per heavy atom. The molecule has 176 valence electrons. The van der Waals surface area contributed by atoms with Crippen LogP contribution in [0.3, 0.4) is 0 Å². The van der Waals surface area contributed by atoms with Crippen LogP contribution in [0.15, 0.2) is 0 Å². The van der Waals surface area contributed by atoms with Gasteiger partial charge >= 0.3 is 53.9 Å². The number of rotatable bonds is 0. The first-order valence-corrected chi connectivity index (χ1v) is 6.25. The maximum absolute atomic E-state index is 12.3. The van der Waals surface area contributed by atoms with Crippen LogP contribution >= 0.6 is 0 Å². The Kier molecular flexibility index (Phi) is 5.52. The zero-order valence-corrected chi connectivity index (χ0v) is 12.7. The average molecular weight is 488 g/mol. The van der Waals surface area contributed by atoms with Gasteiger partial charge in [0.2, 0.25) is 0 Å². The molecule has 2 aliphatic rings. The topological polar surface area (TPSA) is 52.6 Å². The van der Waals surface area contributed by atoms with Crippen molar-refractivity contribution in [2.75, 3.05) is 0 Å². The highest BCUT2D eigenvalue weighted by Gasteiger charge is 2.96. The van der Waals surface area contributed by atoms with Crippen molar-refractivity contribution in [1.29, 1.82) is 0 Å². The van der Waals surface area contributed by atoms with Crippen molar-refractivity contribution < 1.29 is 89.3 Å². The number of ketones is 2. The number of carbonyl (C=O) groups excluding carboxylic acids is 2. The van der Waals surface area contributed by atoms with Crippen LogP contribution in [0.25, 0.3) is 0 Å². The van der Waals surface area contributed by atoms with Gasteiger partial charge < -0.3 is 0 Å². The molecule has 0 aromatic carbocycles. The summed E-state index contributed by atoms with van der Waals surface area (Å²) in [5.41, 5.74) is 0. The standard InChI is InChI=1S/C6F10O.C4F6O3/c7-2(8)1(17)3(9,10)5(13,14)6(15,16)4(2,11)12;5-2(6)1(11)3(7,8)13-4(9,10)12-2. The molecule has 20 heteroatoms. The number of halogens is 16. The van der Waals surface area contributed by atoms with E-state index in [0.717, 1.165) is 0 Å². The number of hydrogen-bond acceptors (Lipinski definition) is 4. The lowest BCUT2D eigenvalue weighted by Gasteiger charge is -2.43. The minimum atomic E-state index is -7.07. The van der Waals surface area contributed by atoms with Crippen molar-refractivity contribution in [3.8, 4) is 0 Å². The number of Topliss-reactive ketones (excluding diaryl/α,β-unsaturated/α-hetero) is 2. The molecule has 1 saturated heterocycles. The molecule has 0 atom stereocenters. The molecule has 1 aliphatic heterocycles. The minimum Gasteiger partial charge on any atom is -0.286 e. The van der Waals surface area contributed by atoms with Crippen LogP contribution in [0.2, 0.25) is 0 Å². The molecule has 0 unspecified atom stereocenters. The first-order valence-electron chi connectivity index (χ1n) is 6.25. The molecule has 0 N–H and O–H groups in total. The van der Waals surface area contributed by atoms with Gasteiger partial charge in [-0.25, -0.2) is 9.47 Å². The third-order valence-corrected chi connectivity index (χ3v) is 3.17. The molecule has 0 radical (unpaired) electrons. The van der Waals surface area contributed by atoms with Crippen molar-refractivity contribution in [3.63, 3.8) is 0 Å². The fourth-order valence-corrected chi connectivity index (χ4v) is 1.66. The molecule has 0 spiro atoms. The van der Waals surface area contributed by atoms with E-state index in [0.29, 0.717) is 0 Å². The summed E-state index contributed by atoms with van der Waals surface area (Å²) >= 11 is 0. The van der Waals surface area contributed by atoms with Crippen LogP contribution < -0.4 is 0 Å². The van der Waals surface area contributed by atoms with Crippen LogP contribution in [0.5, 0.6) is 0 Å². The molecule has 4 nitrogen and oxygen atoms in total. The average Bonchev–Trinajstić information content (AvgIpc) is 2.48. The Labute approximate surface area is 150 Å². The van der Waals surface area contributed by atoms with Gasteiger partial charge in [0.15, 0.2) is 0 Å². The van der Waals surface area contributed by atoms with Gasteiger partial charge in [-0.15, -0.1) is 8.78 Å². The molecule has 1 saturated carbocycles. The summed E-state index contributed by atoms with van der Waals surface area (Å²) in [6, 6.07) is 0. The molecule has 0 amide bonds. The van der Waals surface area contributed by atoms with E-state index in [-0.39, 0.29) is 0 Å². The van der Waals surface area contributed by atoms with Gasteiger partial charge in [-0.3, -0.25) is 9.59 Å². The maximum atomic E-state index is 12.3. The van der Waals surface area contributed by atoms with E-state index >= 15 is 0 Å². The summed E-state index contributed by atoms with van der Waals surface area (Å²) in [5, 5.41) is 0. The second-order valence-electron chi connectivity index (χ2n) is 5.23. The fraction of sp³-hybridized carbons (Fsp3) is 0.800. The molecule has 0 bridgehead atoms. The molecule has 2 fully saturated rings. The zero-order valence-electron chi connectivity index (χ0n) is 12.7. The van der Waals surface area contributed by atoms with Crippen molar-refractivity contribution in [1.82, 2.24) is 0 Å². The molecule has 30 heavy (non-hydrogen) atoms. The predicted octanol–water partition coefficient (Wildman–Crippen LogP) is 4.08. The van der Waals surface area contributed by atoms with Crippen molar-refractivity contribution >= 4 is 11.6 Å². The van der Waals surface area contributed by atoms with Crippen LogP contribution in [-0.4, -0.2) is 59.7 Å². The summed E-state index contributed by atoms with van der Waals surface area (Å²) in [6.07, 6.45) is -15.7. The third-order valence-electron chi connectivity index (χ3n) is 3.17. The first-order chi connectivity index (χ1) is 12.7. The summed E-state index contributed by atoms with van der Waals surface area (Å²) in [5.74, 6) is -41.5. The number of carbonyl (C=O) groups is 2. The van der Waals surface area contributed by atoms with Gasteiger partial charge in [-0.2, -0.15) is 61.5 Å². The summed E-state index contributed by atoms with van der Waals surface area (Å²) in [4.78, 5) is 20.1. The smallest absolute Gasteiger partial charge is 0.286 e. The quantitative estimate of drug-likeness (QED) is 0.483. The largest absolute Gasteiger partial charge is 0.495 e. The predicted molar refractivity (Wildman–Crippen MR) is 51.8 cm³/mol. The Morgan fingerprint density at radius 1 is 0.433 bits per heavy atom. The monoisotopic (exact) mass is 488 g/mol. The normalized spacial score (nSPS) is 31.3. The zero-order chi connectivity index (χ0) is 24.6. The molecule has 1 heterocycles. The molecular formula is C10F16O4. The Morgan fingerprint density at radius 2 is 0.700 bits per heavy atom. The van der Waals surface area contributed by atoms with E-state index in [1.165, 1.54) is 0 Å². The highest BCUT2D eigenvalue weighted by atomic mass is 19.4. The van der Waals surface area contributed by atoms with E-state index in [1.54, 1.807) is 0 Å². The minimum absolute atomic E-state index is 2.39. The Hall–Kier alpha value is -1.86. The second kappa shape index (κ2) is 6.33. The Balaban J connectivity index is 0.000000311. The number of alkyl halides is 16. The Bertz CT molecular complexity index is 686. The van der Waals surface area contributed by atoms with Gasteiger partial charge in [0.05, 0.1) is 0 Å². The van der Waals surface area contributed by atoms with E-state index in [4.69, 9.17) is 0 Å². The van der Waals surface area contributed by atoms with Gasteiger partial charge in [0, 0.05) is 0 Å².